The summed E-state index contributed by atoms with van der Waals surface area (Å²) in [7, 11) is -2.08. The van der Waals surface area contributed by atoms with Crippen molar-refractivity contribution >= 4 is 33.1 Å². The van der Waals surface area contributed by atoms with E-state index in [-0.39, 0.29) is 22.3 Å². The Morgan fingerprint density at radius 2 is 2.10 bits per heavy atom. The molecule has 9 heteroatoms. The third kappa shape index (κ3) is 3.36. The molecule has 0 spiro atoms. The molecule has 0 radical (unpaired) electrons. The Hall–Kier alpha value is -1.58. The van der Waals surface area contributed by atoms with Gasteiger partial charge < -0.3 is 10.6 Å². The summed E-state index contributed by atoms with van der Waals surface area (Å²) in [5.74, 6) is -0.219. The van der Waals surface area contributed by atoms with Gasteiger partial charge in [0.15, 0.2) is 0 Å². The van der Waals surface area contributed by atoms with Crippen molar-refractivity contribution in [2.45, 2.75) is 11.3 Å². The zero-order valence-corrected chi connectivity index (χ0v) is 13.2. The van der Waals surface area contributed by atoms with E-state index in [1.165, 1.54) is 27.5 Å². The number of nitrogens with two attached hydrogens (primary N) is 1. The van der Waals surface area contributed by atoms with E-state index in [1.54, 1.807) is 7.05 Å². The van der Waals surface area contributed by atoms with E-state index in [1.807, 2.05) is 0 Å². The highest BCUT2D eigenvalue weighted by atomic mass is 32.2. The van der Waals surface area contributed by atoms with Crippen LogP contribution in [0, 0.1) is 0 Å². The second kappa shape index (κ2) is 6.04. The van der Waals surface area contributed by atoms with Gasteiger partial charge in [0, 0.05) is 26.3 Å². The second-order valence-corrected chi connectivity index (χ2v) is 7.13. The van der Waals surface area contributed by atoms with Gasteiger partial charge in [0.05, 0.1) is 12.2 Å². The largest absolute Gasteiger partial charge is 0.388 e. The lowest BCUT2D eigenvalue weighted by Crippen LogP contribution is -2.38. The van der Waals surface area contributed by atoms with E-state index in [0.717, 1.165) is 0 Å². The van der Waals surface area contributed by atoms with E-state index < -0.39 is 10.0 Å². The number of amides is 1. The zero-order valence-electron chi connectivity index (χ0n) is 11.5. The molecule has 1 amide bonds. The van der Waals surface area contributed by atoms with Crippen molar-refractivity contribution in [2.24, 2.45) is 5.73 Å². The van der Waals surface area contributed by atoms with Crippen LogP contribution in [0.2, 0.25) is 0 Å². The predicted octanol–water partition coefficient (Wildman–Crippen LogP) is -0.431. The Bertz CT molecular complexity index is 658. The van der Waals surface area contributed by atoms with Crippen LogP contribution in [-0.2, 0) is 14.8 Å². The Morgan fingerprint density at radius 1 is 1.38 bits per heavy atom. The molecule has 114 valence electrons. The van der Waals surface area contributed by atoms with Gasteiger partial charge in [-0.25, -0.2) is 8.42 Å². The molecule has 1 aliphatic heterocycles. The normalized spacial score (nSPS) is 17.6. The van der Waals surface area contributed by atoms with Gasteiger partial charge >= 0.3 is 0 Å². The van der Waals surface area contributed by atoms with Crippen LogP contribution in [-0.4, -0.2) is 60.2 Å². The number of thiocarbonyl (C=S) groups is 1. The first-order valence-electron chi connectivity index (χ1n) is 6.32. The van der Waals surface area contributed by atoms with E-state index in [9.17, 15) is 13.2 Å². The third-order valence-corrected chi connectivity index (χ3v) is 5.30. The van der Waals surface area contributed by atoms with Gasteiger partial charge in [0.2, 0.25) is 15.9 Å². The van der Waals surface area contributed by atoms with Crippen molar-refractivity contribution < 1.29 is 13.2 Å². The van der Waals surface area contributed by atoms with Crippen molar-refractivity contribution in [3.8, 4) is 0 Å². The molecule has 1 aromatic rings. The summed E-state index contributed by atoms with van der Waals surface area (Å²) in [5.41, 5.74) is 5.79. The maximum atomic E-state index is 12.5. The number of rotatable bonds is 3. The number of nitrogens with zero attached hydrogens (tertiary/aromatic N) is 3. The predicted molar refractivity (Wildman–Crippen MR) is 81.1 cm³/mol. The number of hydrogen-bond acceptors (Lipinski definition) is 5. The van der Waals surface area contributed by atoms with Crippen molar-refractivity contribution in [3.63, 3.8) is 0 Å². The summed E-state index contributed by atoms with van der Waals surface area (Å²) in [6, 6.07) is 2.86. The lowest BCUT2D eigenvalue weighted by Gasteiger charge is -2.19. The van der Waals surface area contributed by atoms with Crippen LogP contribution in [0.5, 0.6) is 0 Å². The van der Waals surface area contributed by atoms with Crippen LogP contribution >= 0.6 is 12.2 Å². The SMILES string of the molecule is CN1CCCN(S(=O)(=O)c2ccc(C(N)=S)nc2)CC1=O. The molecule has 1 aliphatic rings. The molecule has 0 aromatic carbocycles. The van der Waals surface area contributed by atoms with E-state index in [2.05, 4.69) is 4.98 Å². The summed E-state index contributed by atoms with van der Waals surface area (Å²) in [4.78, 5) is 17.4. The Morgan fingerprint density at radius 3 is 2.67 bits per heavy atom. The van der Waals surface area contributed by atoms with Crippen LogP contribution in [0.1, 0.15) is 12.1 Å². The number of hydrogen-bond donors (Lipinski definition) is 1. The Labute approximate surface area is 128 Å². The quantitative estimate of drug-likeness (QED) is 0.756. The lowest BCUT2D eigenvalue weighted by molar-refractivity contribution is -0.129. The first-order valence-corrected chi connectivity index (χ1v) is 8.17. The number of carbonyl (C=O) groups excluding carboxylic acids is 1. The van der Waals surface area contributed by atoms with Gasteiger partial charge in [-0.2, -0.15) is 4.31 Å². The first-order chi connectivity index (χ1) is 9.82. The number of aromatic nitrogens is 1. The summed E-state index contributed by atoms with van der Waals surface area (Å²) >= 11 is 4.78. The van der Waals surface area contributed by atoms with Crippen LogP contribution in [0.4, 0.5) is 0 Å². The number of pyridine rings is 1. The van der Waals surface area contributed by atoms with Crippen molar-refractivity contribution in [2.75, 3.05) is 26.7 Å². The molecule has 2 N–H and O–H groups in total. The molecular weight excluding hydrogens is 312 g/mol. The fraction of sp³-hybridized carbons (Fsp3) is 0.417. The molecule has 1 aromatic heterocycles. The molecule has 2 heterocycles. The smallest absolute Gasteiger partial charge is 0.245 e. The Kier molecular flexibility index (Phi) is 4.55. The highest BCUT2D eigenvalue weighted by Crippen LogP contribution is 2.17. The number of likely N-dealkylation sites (N-methyl/N-ethyl adjacent to an activating group) is 1. The van der Waals surface area contributed by atoms with Gasteiger partial charge in [0.25, 0.3) is 0 Å². The number of sulfonamides is 1. The van der Waals surface area contributed by atoms with Crippen molar-refractivity contribution in [3.05, 3.63) is 24.0 Å². The first kappa shape index (κ1) is 15.8. The van der Waals surface area contributed by atoms with E-state index >= 15 is 0 Å². The zero-order chi connectivity index (χ0) is 15.6. The molecule has 0 unspecified atom stereocenters. The molecule has 7 nitrogen and oxygen atoms in total. The standard InChI is InChI=1S/C12H16N4O3S2/c1-15-5-2-6-16(8-11(15)17)21(18,19)9-3-4-10(12(13)20)14-7-9/h3-4,7H,2,5-6,8H2,1H3,(H2,13,20). The second-order valence-electron chi connectivity index (χ2n) is 4.75. The van der Waals surface area contributed by atoms with Gasteiger partial charge in [-0.15, -0.1) is 0 Å². The molecular formula is C12H16N4O3S2. The van der Waals surface area contributed by atoms with Crippen LogP contribution in [0.3, 0.4) is 0 Å². The summed E-state index contributed by atoms with van der Waals surface area (Å²) < 4.78 is 26.2. The monoisotopic (exact) mass is 328 g/mol. The maximum absolute atomic E-state index is 12.5. The highest BCUT2D eigenvalue weighted by Gasteiger charge is 2.29. The van der Waals surface area contributed by atoms with Crippen LogP contribution in [0.25, 0.3) is 0 Å². The van der Waals surface area contributed by atoms with Gasteiger partial charge in [-0.05, 0) is 18.6 Å². The fourth-order valence-corrected chi connectivity index (χ4v) is 3.49. The average molecular weight is 328 g/mol. The molecule has 0 saturated carbocycles. The van der Waals surface area contributed by atoms with Crippen molar-refractivity contribution in [1.82, 2.24) is 14.2 Å². The van der Waals surface area contributed by atoms with E-state index in [4.69, 9.17) is 18.0 Å². The minimum Gasteiger partial charge on any atom is -0.388 e. The van der Waals surface area contributed by atoms with Crippen LogP contribution in [0.15, 0.2) is 23.2 Å². The average Bonchev–Trinajstić information content (AvgIpc) is 2.61. The molecule has 0 aliphatic carbocycles. The third-order valence-electron chi connectivity index (χ3n) is 3.26. The summed E-state index contributed by atoms with van der Waals surface area (Å²) in [6.07, 6.45) is 1.81. The minimum atomic E-state index is -3.74. The summed E-state index contributed by atoms with van der Waals surface area (Å²) in [6.45, 7) is 0.689. The van der Waals surface area contributed by atoms with Gasteiger partial charge in [0.1, 0.15) is 9.88 Å². The molecule has 1 fully saturated rings. The molecule has 2 rings (SSSR count). The minimum absolute atomic E-state index is 0.0276. The topological polar surface area (TPSA) is 96.6 Å². The molecule has 21 heavy (non-hydrogen) atoms. The van der Waals surface area contributed by atoms with Crippen LogP contribution < -0.4 is 5.73 Å². The Balaban J connectivity index is 2.28. The number of carbonyl (C=O) groups is 1. The van der Waals surface area contributed by atoms with E-state index in [0.29, 0.717) is 25.2 Å². The fourth-order valence-electron chi connectivity index (χ4n) is 1.99. The summed E-state index contributed by atoms with van der Waals surface area (Å²) in [5, 5.41) is 0. The highest BCUT2D eigenvalue weighted by molar-refractivity contribution is 7.89. The molecule has 0 bridgehead atoms. The lowest BCUT2D eigenvalue weighted by atomic mass is 10.3. The molecule has 1 saturated heterocycles. The molecule has 0 atom stereocenters. The van der Waals surface area contributed by atoms with Gasteiger partial charge in [-0.3, -0.25) is 9.78 Å². The van der Waals surface area contributed by atoms with Crippen molar-refractivity contribution in [1.29, 1.82) is 0 Å². The van der Waals surface area contributed by atoms with Gasteiger partial charge in [-0.1, -0.05) is 12.2 Å². The maximum Gasteiger partial charge on any atom is 0.245 e.